The second-order valence-electron chi connectivity index (χ2n) is 4.21. The fourth-order valence-electron chi connectivity index (χ4n) is 2.14. The van der Waals surface area contributed by atoms with E-state index in [-0.39, 0.29) is 0 Å². The van der Waals surface area contributed by atoms with Crippen molar-refractivity contribution in [3.05, 3.63) is 17.6 Å². The number of aromatic nitrogens is 2. The molecule has 88 valence electrons. The Morgan fingerprint density at radius 2 is 2.31 bits per heavy atom. The standard InChI is InChI=1S/C12H19N3S/c1-3-9(7-16-2)15-12-10-5-4-6-11(10)13-8-14-12/h8-9H,3-7H2,1-2H3,(H,13,14,15). The lowest BCUT2D eigenvalue weighted by molar-refractivity contribution is 0.766. The molecule has 0 spiro atoms. The summed E-state index contributed by atoms with van der Waals surface area (Å²) < 4.78 is 0. The minimum Gasteiger partial charge on any atom is -0.366 e. The smallest absolute Gasteiger partial charge is 0.133 e. The molecule has 1 aliphatic rings. The van der Waals surface area contributed by atoms with Crippen molar-refractivity contribution in [2.75, 3.05) is 17.3 Å². The Morgan fingerprint density at radius 3 is 3.06 bits per heavy atom. The highest BCUT2D eigenvalue weighted by atomic mass is 32.2. The lowest BCUT2D eigenvalue weighted by atomic mass is 10.2. The molecule has 1 N–H and O–H groups in total. The van der Waals surface area contributed by atoms with Crippen molar-refractivity contribution in [3.63, 3.8) is 0 Å². The Morgan fingerprint density at radius 1 is 1.44 bits per heavy atom. The molecule has 3 nitrogen and oxygen atoms in total. The predicted molar refractivity (Wildman–Crippen MR) is 70.1 cm³/mol. The molecule has 0 aromatic carbocycles. The third-order valence-electron chi connectivity index (χ3n) is 3.08. The van der Waals surface area contributed by atoms with Crippen LogP contribution in [0.4, 0.5) is 5.82 Å². The average molecular weight is 237 g/mol. The maximum atomic E-state index is 4.39. The topological polar surface area (TPSA) is 37.8 Å². The molecule has 0 bridgehead atoms. The number of anilines is 1. The van der Waals surface area contributed by atoms with Crippen LogP contribution in [0, 0.1) is 0 Å². The van der Waals surface area contributed by atoms with Gasteiger partial charge in [0, 0.05) is 23.1 Å². The largest absolute Gasteiger partial charge is 0.366 e. The summed E-state index contributed by atoms with van der Waals surface area (Å²) in [6, 6.07) is 0.523. The average Bonchev–Trinajstić information content (AvgIpc) is 2.77. The Balaban J connectivity index is 2.12. The van der Waals surface area contributed by atoms with Gasteiger partial charge in [-0.3, -0.25) is 0 Å². The van der Waals surface area contributed by atoms with Crippen molar-refractivity contribution >= 4 is 17.6 Å². The summed E-state index contributed by atoms with van der Waals surface area (Å²) in [5.74, 6) is 2.21. The molecule has 0 saturated carbocycles. The Hall–Kier alpha value is -0.770. The number of nitrogens with zero attached hydrogens (tertiary/aromatic N) is 2. The normalized spacial score (nSPS) is 15.9. The SMILES string of the molecule is CCC(CSC)Nc1ncnc2c1CCC2. The van der Waals surface area contributed by atoms with E-state index in [4.69, 9.17) is 0 Å². The highest BCUT2D eigenvalue weighted by molar-refractivity contribution is 7.98. The molecule has 0 saturated heterocycles. The maximum Gasteiger partial charge on any atom is 0.133 e. The van der Waals surface area contributed by atoms with Crippen LogP contribution in [0.25, 0.3) is 0 Å². The summed E-state index contributed by atoms with van der Waals surface area (Å²) in [6.07, 6.45) is 8.45. The molecule has 1 atom stereocenters. The number of hydrogen-bond donors (Lipinski definition) is 1. The summed E-state index contributed by atoms with van der Waals surface area (Å²) in [5, 5.41) is 3.56. The lowest BCUT2D eigenvalue weighted by Crippen LogP contribution is -2.22. The van der Waals surface area contributed by atoms with Crippen molar-refractivity contribution in [3.8, 4) is 0 Å². The molecule has 1 unspecified atom stereocenters. The molecular weight excluding hydrogens is 218 g/mol. The van der Waals surface area contributed by atoms with Gasteiger partial charge in [0.25, 0.3) is 0 Å². The van der Waals surface area contributed by atoms with Crippen LogP contribution >= 0.6 is 11.8 Å². The Kier molecular flexibility index (Phi) is 4.04. The van der Waals surface area contributed by atoms with E-state index in [0.29, 0.717) is 6.04 Å². The molecule has 4 heteroatoms. The minimum absolute atomic E-state index is 0.523. The first-order valence-corrected chi connectivity index (χ1v) is 7.32. The lowest BCUT2D eigenvalue weighted by Gasteiger charge is -2.18. The van der Waals surface area contributed by atoms with Crippen LogP contribution in [-0.4, -0.2) is 28.0 Å². The molecule has 16 heavy (non-hydrogen) atoms. The highest BCUT2D eigenvalue weighted by Crippen LogP contribution is 2.25. The fraction of sp³-hybridized carbons (Fsp3) is 0.667. The number of nitrogens with one attached hydrogen (secondary N) is 1. The van der Waals surface area contributed by atoms with Crippen LogP contribution in [0.3, 0.4) is 0 Å². The van der Waals surface area contributed by atoms with E-state index in [1.54, 1.807) is 6.33 Å². The van der Waals surface area contributed by atoms with Crippen molar-refractivity contribution < 1.29 is 0 Å². The van der Waals surface area contributed by atoms with E-state index in [2.05, 4.69) is 28.5 Å². The number of fused-ring (bicyclic) bond motifs is 1. The second kappa shape index (κ2) is 5.53. The molecular formula is C12H19N3S. The van der Waals surface area contributed by atoms with E-state index in [9.17, 15) is 0 Å². The zero-order valence-corrected chi connectivity index (χ0v) is 10.8. The van der Waals surface area contributed by atoms with Crippen molar-refractivity contribution in [1.82, 2.24) is 9.97 Å². The van der Waals surface area contributed by atoms with Gasteiger partial charge in [0.2, 0.25) is 0 Å². The third-order valence-corrected chi connectivity index (χ3v) is 3.81. The number of rotatable bonds is 5. The molecule has 0 aliphatic heterocycles. The van der Waals surface area contributed by atoms with Gasteiger partial charge >= 0.3 is 0 Å². The zero-order valence-electron chi connectivity index (χ0n) is 9.99. The summed E-state index contributed by atoms with van der Waals surface area (Å²) in [5.41, 5.74) is 2.60. The van der Waals surface area contributed by atoms with Gasteiger partial charge in [-0.05, 0) is 31.9 Å². The predicted octanol–water partition coefficient (Wildman–Crippen LogP) is 2.52. The second-order valence-corrected chi connectivity index (χ2v) is 5.12. The van der Waals surface area contributed by atoms with Gasteiger partial charge in [0.05, 0.1) is 0 Å². The number of aryl methyl sites for hydroxylation is 1. The fourth-order valence-corrected chi connectivity index (χ4v) is 2.86. The maximum absolute atomic E-state index is 4.39. The van der Waals surface area contributed by atoms with Gasteiger partial charge in [0.15, 0.2) is 0 Å². The van der Waals surface area contributed by atoms with E-state index < -0.39 is 0 Å². The summed E-state index contributed by atoms with van der Waals surface area (Å²) in [4.78, 5) is 8.73. The molecule has 1 heterocycles. The quantitative estimate of drug-likeness (QED) is 0.854. The van der Waals surface area contributed by atoms with Crippen molar-refractivity contribution in [1.29, 1.82) is 0 Å². The zero-order chi connectivity index (χ0) is 11.4. The van der Waals surface area contributed by atoms with Crippen LogP contribution in [0.15, 0.2) is 6.33 Å². The van der Waals surface area contributed by atoms with Crippen molar-refractivity contribution in [2.24, 2.45) is 0 Å². The summed E-state index contributed by atoms with van der Waals surface area (Å²) >= 11 is 1.88. The number of hydrogen-bond acceptors (Lipinski definition) is 4. The van der Waals surface area contributed by atoms with Gasteiger partial charge in [0.1, 0.15) is 12.1 Å². The van der Waals surface area contributed by atoms with E-state index >= 15 is 0 Å². The van der Waals surface area contributed by atoms with Gasteiger partial charge < -0.3 is 5.32 Å². The van der Waals surface area contributed by atoms with Crippen LogP contribution in [-0.2, 0) is 12.8 Å². The first-order valence-electron chi connectivity index (χ1n) is 5.93. The monoisotopic (exact) mass is 237 g/mol. The first kappa shape index (κ1) is 11.7. The summed E-state index contributed by atoms with van der Waals surface area (Å²) in [6.45, 7) is 2.22. The molecule has 0 amide bonds. The minimum atomic E-state index is 0.523. The summed E-state index contributed by atoms with van der Waals surface area (Å²) in [7, 11) is 0. The van der Waals surface area contributed by atoms with Crippen LogP contribution < -0.4 is 5.32 Å². The Labute approximate surface area is 101 Å². The third kappa shape index (κ3) is 2.48. The van der Waals surface area contributed by atoms with Gasteiger partial charge in [-0.15, -0.1) is 0 Å². The number of thioether (sulfide) groups is 1. The molecule has 2 rings (SSSR count). The molecule has 0 radical (unpaired) electrons. The van der Waals surface area contributed by atoms with Gasteiger partial charge in [-0.2, -0.15) is 11.8 Å². The van der Waals surface area contributed by atoms with E-state index in [0.717, 1.165) is 30.8 Å². The van der Waals surface area contributed by atoms with E-state index in [1.807, 2.05) is 11.8 Å². The first-order chi connectivity index (χ1) is 7.85. The highest BCUT2D eigenvalue weighted by Gasteiger charge is 2.18. The van der Waals surface area contributed by atoms with Crippen LogP contribution in [0.2, 0.25) is 0 Å². The molecule has 1 aromatic rings. The molecule has 0 fully saturated rings. The van der Waals surface area contributed by atoms with Gasteiger partial charge in [-0.25, -0.2) is 9.97 Å². The van der Waals surface area contributed by atoms with Gasteiger partial charge in [-0.1, -0.05) is 6.92 Å². The van der Waals surface area contributed by atoms with Crippen LogP contribution in [0.1, 0.15) is 31.0 Å². The van der Waals surface area contributed by atoms with Crippen LogP contribution in [0.5, 0.6) is 0 Å². The van der Waals surface area contributed by atoms with Crippen molar-refractivity contribution in [2.45, 2.75) is 38.6 Å². The molecule has 1 aromatic heterocycles. The Bertz CT molecular complexity index is 354. The molecule has 1 aliphatic carbocycles. The van der Waals surface area contributed by atoms with E-state index in [1.165, 1.54) is 17.7 Å².